The van der Waals surface area contributed by atoms with E-state index < -0.39 is 0 Å². The van der Waals surface area contributed by atoms with Gasteiger partial charge in [0.05, 0.1) is 21.3 Å². The van der Waals surface area contributed by atoms with Crippen LogP contribution in [0.3, 0.4) is 0 Å². The molecule has 0 bridgehead atoms. The van der Waals surface area contributed by atoms with Gasteiger partial charge in [-0.2, -0.15) is 0 Å². The predicted molar refractivity (Wildman–Crippen MR) is 104 cm³/mol. The number of carbonyl (C=O) groups is 1. The fourth-order valence-electron chi connectivity index (χ4n) is 3.53. The third-order valence-electron chi connectivity index (χ3n) is 4.77. The number of ether oxygens (including phenoxy) is 3. The molecule has 4 rings (SSSR count). The molecule has 136 valence electrons. The van der Waals surface area contributed by atoms with Crippen molar-refractivity contribution in [2.45, 2.75) is 0 Å². The molecule has 0 saturated carbocycles. The van der Waals surface area contributed by atoms with Crippen molar-refractivity contribution in [3.63, 3.8) is 0 Å². The lowest BCUT2D eigenvalue weighted by molar-refractivity contribution is 0.0981. The quantitative estimate of drug-likeness (QED) is 0.733. The fourth-order valence-corrected chi connectivity index (χ4v) is 3.53. The number of allylic oxidation sites excluding steroid dienone is 1. The first kappa shape index (κ1) is 17.0. The molecule has 0 unspecified atom stereocenters. The minimum Gasteiger partial charge on any atom is -0.504 e. The Hall–Kier alpha value is -3.47. The van der Waals surface area contributed by atoms with Gasteiger partial charge in [0, 0.05) is 10.9 Å². The van der Waals surface area contributed by atoms with Crippen LogP contribution in [0.4, 0.5) is 0 Å². The summed E-state index contributed by atoms with van der Waals surface area (Å²) in [6.07, 6.45) is 1.51. The molecule has 0 fully saturated rings. The molecule has 1 N–H and O–H groups in total. The van der Waals surface area contributed by atoms with Gasteiger partial charge in [-0.3, -0.25) is 4.79 Å². The van der Waals surface area contributed by atoms with E-state index in [1.165, 1.54) is 6.08 Å². The van der Waals surface area contributed by atoms with Crippen LogP contribution in [0.2, 0.25) is 0 Å². The Morgan fingerprint density at radius 1 is 0.852 bits per heavy atom. The number of carbonyl (C=O) groups excluding carboxylic acids is 1. The summed E-state index contributed by atoms with van der Waals surface area (Å²) in [6, 6.07) is 13.2. The summed E-state index contributed by atoms with van der Waals surface area (Å²) < 4.78 is 16.3. The normalized spacial score (nSPS) is 12.7. The lowest BCUT2D eigenvalue weighted by Gasteiger charge is -2.17. The van der Waals surface area contributed by atoms with E-state index in [1.54, 1.807) is 27.4 Å². The van der Waals surface area contributed by atoms with Crippen molar-refractivity contribution in [1.82, 2.24) is 0 Å². The van der Waals surface area contributed by atoms with Crippen LogP contribution < -0.4 is 14.2 Å². The standard InChI is InChI=1S/C22H18O5/c1-25-18-10-14(11-19(26-2)22(18)27-3)13-7-12-5-4-6-16-20(12)15(8-13)9-17(23)21(16)24/h4-11,23H,1-3H3. The maximum atomic E-state index is 12.2. The SMILES string of the molecule is COc1cc(-c2cc3c4c(cccc4c2)C(=O)C(O)=C3)cc(OC)c1OC. The van der Waals surface area contributed by atoms with E-state index in [4.69, 9.17) is 14.2 Å². The van der Waals surface area contributed by atoms with Gasteiger partial charge in [-0.05, 0) is 52.4 Å². The van der Waals surface area contributed by atoms with Crippen LogP contribution in [0.25, 0.3) is 28.0 Å². The smallest absolute Gasteiger partial charge is 0.227 e. The molecule has 1 aliphatic carbocycles. The second-order valence-corrected chi connectivity index (χ2v) is 6.24. The molecule has 0 atom stereocenters. The largest absolute Gasteiger partial charge is 0.504 e. The van der Waals surface area contributed by atoms with E-state index in [0.29, 0.717) is 22.8 Å². The Bertz CT molecular complexity index is 1090. The zero-order valence-electron chi connectivity index (χ0n) is 15.2. The second-order valence-electron chi connectivity index (χ2n) is 6.24. The molecule has 1 aliphatic rings. The van der Waals surface area contributed by atoms with Crippen molar-refractivity contribution < 1.29 is 24.1 Å². The molecule has 0 saturated heterocycles. The summed E-state index contributed by atoms with van der Waals surface area (Å²) in [4.78, 5) is 12.2. The van der Waals surface area contributed by atoms with E-state index in [0.717, 1.165) is 27.5 Å². The highest BCUT2D eigenvalue weighted by molar-refractivity contribution is 6.22. The number of benzene rings is 3. The summed E-state index contributed by atoms with van der Waals surface area (Å²) in [5.41, 5.74) is 3.09. The third kappa shape index (κ3) is 2.59. The molecule has 3 aromatic rings. The highest BCUT2D eigenvalue weighted by Crippen LogP contribution is 2.42. The van der Waals surface area contributed by atoms with Gasteiger partial charge in [0.1, 0.15) is 0 Å². The Kier molecular flexibility index (Phi) is 4.00. The first-order valence-electron chi connectivity index (χ1n) is 8.40. The number of Topliss-reactive ketones (excluding diaryl/α,β-unsaturated/α-hetero) is 1. The van der Waals surface area contributed by atoms with Gasteiger partial charge in [0.25, 0.3) is 0 Å². The Labute approximate surface area is 156 Å². The average molecular weight is 362 g/mol. The van der Waals surface area contributed by atoms with Crippen LogP contribution >= 0.6 is 0 Å². The van der Waals surface area contributed by atoms with E-state index in [1.807, 2.05) is 36.4 Å². The molecule has 0 amide bonds. The Balaban J connectivity index is 1.98. The zero-order chi connectivity index (χ0) is 19.1. The molecule has 0 radical (unpaired) electrons. The maximum Gasteiger partial charge on any atom is 0.227 e. The van der Waals surface area contributed by atoms with Gasteiger partial charge in [0.2, 0.25) is 11.5 Å². The van der Waals surface area contributed by atoms with Crippen molar-refractivity contribution in [1.29, 1.82) is 0 Å². The van der Waals surface area contributed by atoms with Crippen molar-refractivity contribution in [2.24, 2.45) is 0 Å². The lowest BCUT2D eigenvalue weighted by Crippen LogP contribution is -2.08. The van der Waals surface area contributed by atoms with Gasteiger partial charge < -0.3 is 19.3 Å². The number of hydrogen-bond donors (Lipinski definition) is 1. The number of aliphatic hydroxyl groups is 1. The highest BCUT2D eigenvalue weighted by atomic mass is 16.5. The monoisotopic (exact) mass is 362 g/mol. The van der Waals surface area contributed by atoms with E-state index in [-0.39, 0.29) is 11.5 Å². The minimum atomic E-state index is -0.353. The molecule has 3 aromatic carbocycles. The number of rotatable bonds is 4. The zero-order valence-corrected chi connectivity index (χ0v) is 15.2. The van der Waals surface area contributed by atoms with Crippen LogP contribution in [-0.4, -0.2) is 32.2 Å². The molecular formula is C22H18O5. The maximum absolute atomic E-state index is 12.2. The van der Waals surface area contributed by atoms with Crippen molar-refractivity contribution in [3.05, 3.63) is 59.4 Å². The van der Waals surface area contributed by atoms with Crippen molar-refractivity contribution in [2.75, 3.05) is 21.3 Å². The van der Waals surface area contributed by atoms with E-state index in [9.17, 15) is 9.90 Å². The minimum absolute atomic E-state index is 0.253. The van der Waals surface area contributed by atoms with Crippen LogP contribution in [0.15, 0.2) is 48.2 Å². The summed E-state index contributed by atoms with van der Waals surface area (Å²) in [7, 11) is 4.71. The topological polar surface area (TPSA) is 65.0 Å². The number of methoxy groups -OCH3 is 3. The first-order chi connectivity index (χ1) is 13.1. The molecule has 0 heterocycles. The fraction of sp³-hybridized carbons (Fsp3) is 0.136. The molecule has 5 heteroatoms. The molecule has 0 aromatic heterocycles. The first-order valence-corrected chi connectivity index (χ1v) is 8.40. The number of ketones is 1. The molecular weight excluding hydrogens is 344 g/mol. The number of hydrogen-bond acceptors (Lipinski definition) is 5. The lowest BCUT2D eigenvalue weighted by atomic mass is 9.88. The Morgan fingerprint density at radius 2 is 1.52 bits per heavy atom. The predicted octanol–water partition coefficient (Wildman–Crippen LogP) is 4.63. The molecule has 27 heavy (non-hydrogen) atoms. The van der Waals surface area contributed by atoms with Gasteiger partial charge in [0.15, 0.2) is 17.3 Å². The summed E-state index contributed by atoms with van der Waals surface area (Å²) in [5.74, 6) is 1.03. The Morgan fingerprint density at radius 3 is 2.15 bits per heavy atom. The van der Waals surface area contributed by atoms with Crippen LogP contribution in [0.1, 0.15) is 15.9 Å². The van der Waals surface area contributed by atoms with Crippen LogP contribution in [0, 0.1) is 0 Å². The summed E-state index contributed by atoms with van der Waals surface area (Å²) >= 11 is 0. The van der Waals surface area contributed by atoms with Crippen molar-refractivity contribution >= 4 is 22.6 Å². The number of aliphatic hydroxyl groups excluding tert-OH is 1. The third-order valence-corrected chi connectivity index (χ3v) is 4.77. The van der Waals surface area contributed by atoms with Gasteiger partial charge in [-0.1, -0.05) is 18.2 Å². The van der Waals surface area contributed by atoms with Crippen LogP contribution in [-0.2, 0) is 0 Å². The summed E-state index contributed by atoms with van der Waals surface area (Å²) in [5, 5.41) is 11.8. The highest BCUT2D eigenvalue weighted by Gasteiger charge is 2.22. The van der Waals surface area contributed by atoms with Gasteiger partial charge in [-0.25, -0.2) is 0 Å². The average Bonchev–Trinajstić information content (AvgIpc) is 2.70. The van der Waals surface area contributed by atoms with E-state index >= 15 is 0 Å². The summed E-state index contributed by atoms with van der Waals surface area (Å²) in [6.45, 7) is 0. The van der Waals surface area contributed by atoms with Gasteiger partial charge >= 0.3 is 0 Å². The van der Waals surface area contributed by atoms with E-state index in [2.05, 4.69) is 0 Å². The van der Waals surface area contributed by atoms with Gasteiger partial charge in [-0.15, -0.1) is 0 Å². The molecule has 5 nitrogen and oxygen atoms in total. The second kappa shape index (κ2) is 6.36. The van der Waals surface area contributed by atoms with Crippen LogP contribution in [0.5, 0.6) is 17.2 Å². The van der Waals surface area contributed by atoms with Crippen molar-refractivity contribution in [3.8, 4) is 28.4 Å². The molecule has 0 spiro atoms. The molecule has 0 aliphatic heterocycles.